The van der Waals surface area contributed by atoms with E-state index in [-0.39, 0.29) is 37.1 Å². The lowest BCUT2D eigenvalue weighted by Crippen LogP contribution is -2.59. The van der Waals surface area contributed by atoms with Gasteiger partial charge in [-0.2, -0.15) is 0 Å². The maximum Gasteiger partial charge on any atom is 0.333 e. The third-order valence-corrected chi connectivity index (χ3v) is 14.0. The van der Waals surface area contributed by atoms with Gasteiger partial charge in [0.15, 0.2) is 12.1 Å². The first kappa shape index (κ1) is 61.1. The molecule has 22 nitrogen and oxygen atoms in total. The minimum Gasteiger partial charge on any atom is -0.467 e. The van der Waals surface area contributed by atoms with Gasteiger partial charge in [-0.1, -0.05) is 102 Å². The van der Waals surface area contributed by atoms with Crippen molar-refractivity contribution in [3.8, 4) is 0 Å². The van der Waals surface area contributed by atoms with E-state index in [1.165, 1.54) is 48.3 Å². The molecular formula is C56H76N10O12. The van der Waals surface area contributed by atoms with Gasteiger partial charge in [-0.15, -0.1) is 0 Å². The van der Waals surface area contributed by atoms with Gasteiger partial charge < -0.3 is 61.8 Å². The molecule has 10 atom stereocenters. The van der Waals surface area contributed by atoms with Crippen molar-refractivity contribution in [1.29, 1.82) is 0 Å². The van der Waals surface area contributed by atoms with E-state index >= 15 is 0 Å². The highest BCUT2D eigenvalue weighted by molar-refractivity contribution is 6.00. The van der Waals surface area contributed by atoms with E-state index in [9.17, 15) is 47.9 Å². The van der Waals surface area contributed by atoms with E-state index in [0.717, 1.165) is 0 Å². The van der Waals surface area contributed by atoms with Crippen molar-refractivity contribution in [2.45, 2.75) is 129 Å². The average molecular weight is 1080 g/mol. The number of esters is 2. The van der Waals surface area contributed by atoms with Crippen LogP contribution in [0.2, 0.25) is 0 Å². The van der Waals surface area contributed by atoms with Crippen LogP contribution in [0.4, 0.5) is 0 Å². The summed E-state index contributed by atoms with van der Waals surface area (Å²) in [6.07, 6.45) is -0.143. The minimum atomic E-state index is -1.23. The molecule has 2 saturated heterocycles. The number of likely N-dealkylation sites (N-methyl/N-ethyl adjacent to an activating group) is 2. The van der Waals surface area contributed by atoms with Gasteiger partial charge >= 0.3 is 11.9 Å². The summed E-state index contributed by atoms with van der Waals surface area (Å²) in [5, 5.41) is 22.6. The van der Waals surface area contributed by atoms with E-state index in [2.05, 4.69) is 42.5 Å². The third kappa shape index (κ3) is 15.3. The number of hydrogen-bond acceptors (Lipinski definition) is 14. The molecule has 2 fully saturated rings. The first-order valence-electron chi connectivity index (χ1n) is 25.9. The standard InChI is InChI=1S/C56H76N10O12/c1-31(57-9)45(67)63-43(55(3,4)5)51(73)65-29-37(27-39(65)49(71)61-41(53(75)77-11)33-19-15-13-16-20-33)59-47(69)35-23-25-36(26-24-35)48(70)60-38-28-40(50(72)62-42(54(76)78-12)34-21-17-14-18-22-34)66(30-38)52(74)44(56(6,7)8)64-46(68)32(2)58-10/h13-26,31-32,37-44,57-58H,27-30H2,1-12H3,(H,59,69)(H,60,70)(H,61,71)(H,62,72)(H,63,67)(H,64,68)/t31-,32-,37-,38-,39-,40-,41-,42-,43+,44+/m0/s1. The zero-order valence-corrected chi connectivity index (χ0v) is 46.5. The van der Waals surface area contributed by atoms with Crippen LogP contribution in [0.1, 0.15) is 112 Å². The number of carbonyl (C=O) groups is 10. The number of hydrogen-bond donors (Lipinski definition) is 8. The van der Waals surface area contributed by atoms with E-state index in [1.807, 2.05) is 0 Å². The van der Waals surface area contributed by atoms with Crippen LogP contribution < -0.4 is 42.5 Å². The van der Waals surface area contributed by atoms with Crippen LogP contribution in [0.3, 0.4) is 0 Å². The number of carbonyl (C=O) groups excluding carboxylic acids is 10. The van der Waals surface area contributed by atoms with E-state index in [0.29, 0.717) is 11.1 Å². The van der Waals surface area contributed by atoms with Crippen molar-refractivity contribution in [2.75, 3.05) is 41.4 Å². The number of amides is 8. The summed E-state index contributed by atoms with van der Waals surface area (Å²) < 4.78 is 10.0. The maximum absolute atomic E-state index is 14.6. The summed E-state index contributed by atoms with van der Waals surface area (Å²) in [6.45, 7) is 13.6. The van der Waals surface area contributed by atoms with Gasteiger partial charge in [-0.05, 0) is 87.0 Å². The van der Waals surface area contributed by atoms with Crippen molar-refractivity contribution >= 4 is 59.2 Å². The Labute approximate surface area is 455 Å². The molecule has 22 heteroatoms. The summed E-state index contributed by atoms with van der Waals surface area (Å²) in [7, 11) is 5.58. The Morgan fingerprint density at radius 3 is 1.10 bits per heavy atom. The fourth-order valence-corrected chi connectivity index (χ4v) is 9.16. The normalized spacial score (nSPS) is 19.6. The summed E-state index contributed by atoms with van der Waals surface area (Å²) in [5.41, 5.74) is -0.545. The lowest BCUT2D eigenvalue weighted by molar-refractivity contribution is -0.148. The number of rotatable bonds is 20. The van der Waals surface area contributed by atoms with Gasteiger partial charge in [-0.3, -0.25) is 38.4 Å². The summed E-state index contributed by atoms with van der Waals surface area (Å²) in [4.78, 5) is 141. The maximum atomic E-state index is 14.6. The molecule has 3 aromatic rings. The van der Waals surface area contributed by atoms with Gasteiger partial charge in [0.2, 0.25) is 35.4 Å². The topological polar surface area (TPSA) is 292 Å². The monoisotopic (exact) mass is 1080 g/mol. The SMILES string of the molecule is CN[C@@H](C)C(=O)N[C@H](C(=O)N1C[C@@H](NC(=O)c2ccc(C(=O)N[C@H]3C[C@@H](C(=O)N[C@H](C(=O)OC)c4ccccc4)N(C(=O)[C@@H](NC(=O)[C@H](C)NC)C(C)(C)C)C3)cc2)C[C@H]1C(=O)N[C@H](C(=O)OC)c1ccccc1)C(C)(C)C. The lowest BCUT2D eigenvalue weighted by Gasteiger charge is -2.36. The molecule has 0 aromatic heterocycles. The second-order valence-corrected chi connectivity index (χ2v) is 21.8. The Morgan fingerprint density at radius 2 is 0.821 bits per heavy atom. The zero-order chi connectivity index (χ0) is 57.8. The Hall–Kier alpha value is -7.72. The third-order valence-electron chi connectivity index (χ3n) is 14.0. The van der Waals surface area contributed by atoms with Gasteiger partial charge in [0.1, 0.15) is 24.2 Å². The molecule has 8 amide bonds. The van der Waals surface area contributed by atoms with Crippen LogP contribution in [0.15, 0.2) is 84.9 Å². The van der Waals surface area contributed by atoms with Gasteiger partial charge in [0.05, 0.1) is 26.3 Å². The van der Waals surface area contributed by atoms with Crippen molar-refractivity contribution in [2.24, 2.45) is 10.8 Å². The number of nitrogens with zero attached hydrogens (tertiary/aromatic N) is 2. The Morgan fingerprint density at radius 1 is 0.500 bits per heavy atom. The smallest absolute Gasteiger partial charge is 0.333 e. The molecular weight excluding hydrogens is 1000 g/mol. The van der Waals surface area contributed by atoms with Gasteiger partial charge in [0.25, 0.3) is 11.8 Å². The molecule has 78 heavy (non-hydrogen) atoms. The first-order chi connectivity index (χ1) is 36.7. The van der Waals surface area contributed by atoms with Crippen molar-refractivity contribution < 1.29 is 57.4 Å². The Kier molecular flexibility index (Phi) is 20.8. The Balaban J connectivity index is 1.37. The summed E-state index contributed by atoms with van der Waals surface area (Å²) in [5.74, 6) is -6.14. The number of likely N-dealkylation sites (tertiary alicyclic amines) is 2. The lowest BCUT2D eigenvalue weighted by atomic mass is 9.85. The molecule has 0 unspecified atom stereocenters. The van der Waals surface area contributed by atoms with Crippen LogP contribution in [0.5, 0.6) is 0 Å². The molecule has 5 rings (SSSR count). The first-order valence-corrected chi connectivity index (χ1v) is 25.9. The molecule has 2 aliphatic rings. The molecule has 0 spiro atoms. The predicted octanol–water partition coefficient (Wildman–Crippen LogP) is 1.42. The molecule has 0 radical (unpaired) electrons. The largest absolute Gasteiger partial charge is 0.467 e. The fourth-order valence-electron chi connectivity index (χ4n) is 9.16. The fraction of sp³-hybridized carbons (Fsp3) is 0.500. The number of benzene rings is 3. The van der Waals surface area contributed by atoms with Crippen LogP contribution >= 0.6 is 0 Å². The van der Waals surface area contributed by atoms with Gasteiger partial charge in [-0.25, -0.2) is 9.59 Å². The quantitative estimate of drug-likeness (QED) is 0.0744. The highest BCUT2D eigenvalue weighted by Gasteiger charge is 2.48. The second kappa shape index (κ2) is 26.6. The van der Waals surface area contributed by atoms with Crippen LogP contribution in [-0.2, 0) is 47.8 Å². The highest BCUT2D eigenvalue weighted by atomic mass is 16.5. The van der Waals surface area contributed by atoms with E-state index in [4.69, 9.17) is 9.47 Å². The van der Waals surface area contributed by atoms with E-state index in [1.54, 1.807) is 130 Å². The predicted molar refractivity (Wildman–Crippen MR) is 288 cm³/mol. The summed E-state index contributed by atoms with van der Waals surface area (Å²) >= 11 is 0. The molecule has 8 N–H and O–H groups in total. The molecule has 0 saturated carbocycles. The highest BCUT2D eigenvalue weighted by Crippen LogP contribution is 2.30. The number of nitrogens with one attached hydrogen (secondary N) is 8. The van der Waals surface area contributed by atoms with Crippen molar-refractivity contribution in [3.63, 3.8) is 0 Å². The molecule has 2 heterocycles. The molecule has 422 valence electrons. The molecule has 0 bridgehead atoms. The Bertz CT molecular complexity index is 2480. The molecule has 3 aromatic carbocycles. The van der Waals surface area contributed by atoms with Gasteiger partial charge in [0, 0.05) is 36.3 Å². The molecule has 2 aliphatic heterocycles. The number of ether oxygens (including phenoxy) is 2. The number of methoxy groups -OCH3 is 2. The van der Waals surface area contributed by atoms with Crippen molar-refractivity contribution in [3.05, 3.63) is 107 Å². The zero-order valence-electron chi connectivity index (χ0n) is 46.5. The average Bonchev–Trinajstić information content (AvgIpc) is 4.11. The van der Waals surface area contributed by atoms with Crippen LogP contribution in [-0.4, -0.2) is 159 Å². The minimum absolute atomic E-state index is 0.0717. The van der Waals surface area contributed by atoms with Crippen LogP contribution in [0, 0.1) is 10.8 Å². The summed E-state index contributed by atoms with van der Waals surface area (Å²) in [6, 6.07) is 12.5. The van der Waals surface area contributed by atoms with E-state index < -0.39 is 130 Å². The molecule has 0 aliphatic carbocycles. The van der Waals surface area contributed by atoms with Crippen LogP contribution in [0.25, 0.3) is 0 Å². The van der Waals surface area contributed by atoms with Crippen molar-refractivity contribution in [1.82, 2.24) is 52.3 Å². The second-order valence-electron chi connectivity index (χ2n) is 21.8.